The summed E-state index contributed by atoms with van der Waals surface area (Å²) in [6, 6.07) is 0. The summed E-state index contributed by atoms with van der Waals surface area (Å²) in [5.74, 6) is 1.42. The Kier molecular flexibility index (Phi) is 3.16. The molecule has 82 valence electrons. The van der Waals surface area contributed by atoms with E-state index in [0.29, 0.717) is 5.92 Å². The molecule has 1 fully saturated rings. The first-order valence-electron chi connectivity index (χ1n) is 5.33. The van der Waals surface area contributed by atoms with Gasteiger partial charge in [0.1, 0.15) is 0 Å². The molecular formula is C11H17N3O. The van der Waals surface area contributed by atoms with E-state index >= 15 is 0 Å². The van der Waals surface area contributed by atoms with Crippen LogP contribution < -0.4 is 4.90 Å². The van der Waals surface area contributed by atoms with E-state index in [1.807, 2.05) is 26.4 Å². The fraction of sp³-hybridized carbons (Fsp3) is 0.636. The van der Waals surface area contributed by atoms with Crippen LogP contribution in [0, 0.1) is 12.8 Å². The number of hydrogen-bond acceptors (Lipinski definition) is 4. The van der Waals surface area contributed by atoms with E-state index in [9.17, 15) is 0 Å². The maximum atomic E-state index is 5.35. The average Bonchev–Trinajstić information content (AvgIpc) is 2.71. The first kappa shape index (κ1) is 10.4. The van der Waals surface area contributed by atoms with E-state index in [2.05, 4.69) is 14.9 Å². The Morgan fingerprint density at radius 2 is 2.20 bits per heavy atom. The molecule has 2 rings (SSSR count). The molecule has 0 spiro atoms. The molecule has 0 N–H and O–H groups in total. The molecule has 1 aromatic heterocycles. The predicted octanol–water partition coefficient (Wildman–Crippen LogP) is 1.26. The molecule has 1 unspecified atom stereocenters. The fourth-order valence-corrected chi connectivity index (χ4v) is 1.78. The van der Waals surface area contributed by atoms with Gasteiger partial charge in [-0.05, 0) is 18.9 Å². The van der Waals surface area contributed by atoms with E-state index < -0.39 is 0 Å². The van der Waals surface area contributed by atoms with Crippen LogP contribution in [0.15, 0.2) is 12.4 Å². The minimum absolute atomic E-state index is 0.625. The highest BCUT2D eigenvalue weighted by Gasteiger charge is 2.18. The Labute approximate surface area is 90.3 Å². The molecule has 2 heterocycles. The summed E-state index contributed by atoms with van der Waals surface area (Å²) in [7, 11) is 2.03. The van der Waals surface area contributed by atoms with Crippen molar-refractivity contribution in [1.29, 1.82) is 0 Å². The first-order chi connectivity index (χ1) is 7.25. The van der Waals surface area contributed by atoms with Crippen molar-refractivity contribution in [2.24, 2.45) is 5.92 Å². The zero-order valence-electron chi connectivity index (χ0n) is 9.31. The van der Waals surface area contributed by atoms with Crippen molar-refractivity contribution in [3.63, 3.8) is 0 Å². The lowest BCUT2D eigenvalue weighted by Gasteiger charge is -2.19. The van der Waals surface area contributed by atoms with Gasteiger partial charge in [0.05, 0.1) is 6.61 Å². The smallest absolute Gasteiger partial charge is 0.225 e. The molecule has 0 saturated carbocycles. The Bertz CT molecular complexity index is 306. The highest BCUT2D eigenvalue weighted by molar-refractivity contribution is 5.28. The Hall–Kier alpha value is -1.16. The Morgan fingerprint density at radius 3 is 2.80 bits per heavy atom. The highest BCUT2D eigenvalue weighted by Crippen LogP contribution is 2.15. The molecule has 15 heavy (non-hydrogen) atoms. The van der Waals surface area contributed by atoms with Gasteiger partial charge in [-0.15, -0.1) is 0 Å². The minimum Gasteiger partial charge on any atom is -0.381 e. The topological polar surface area (TPSA) is 38.2 Å². The lowest BCUT2D eigenvalue weighted by Crippen LogP contribution is -2.27. The van der Waals surface area contributed by atoms with Gasteiger partial charge < -0.3 is 9.64 Å². The minimum atomic E-state index is 0.625. The van der Waals surface area contributed by atoms with Crippen molar-refractivity contribution in [2.45, 2.75) is 13.3 Å². The largest absolute Gasteiger partial charge is 0.381 e. The van der Waals surface area contributed by atoms with Crippen molar-refractivity contribution in [1.82, 2.24) is 9.97 Å². The summed E-state index contributed by atoms with van der Waals surface area (Å²) in [5.41, 5.74) is 1.09. The number of rotatable bonds is 3. The maximum Gasteiger partial charge on any atom is 0.225 e. The zero-order valence-corrected chi connectivity index (χ0v) is 9.31. The average molecular weight is 207 g/mol. The number of ether oxygens (including phenoxy) is 1. The number of aryl methyl sites for hydroxylation is 1. The van der Waals surface area contributed by atoms with Gasteiger partial charge in [-0.1, -0.05) is 0 Å². The molecule has 4 heteroatoms. The molecule has 0 radical (unpaired) electrons. The molecule has 0 aliphatic carbocycles. The second-order valence-electron chi connectivity index (χ2n) is 4.17. The lowest BCUT2D eigenvalue weighted by atomic mass is 10.1. The highest BCUT2D eigenvalue weighted by atomic mass is 16.5. The van der Waals surface area contributed by atoms with E-state index in [0.717, 1.165) is 37.7 Å². The van der Waals surface area contributed by atoms with Crippen LogP contribution in [0.5, 0.6) is 0 Å². The van der Waals surface area contributed by atoms with Gasteiger partial charge in [0.2, 0.25) is 5.95 Å². The number of nitrogens with zero attached hydrogens (tertiary/aromatic N) is 3. The summed E-state index contributed by atoms with van der Waals surface area (Å²) in [5, 5.41) is 0. The van der Waals surface area contributed by atoms with Crippen LogP contribution in [0.25, 0.3) is 0 Å². The van der Waals surface area contributed by atoms with Crippen molar-refractivity contribution < 1.29 is 4.74 Å². The van der Waals surface area contributed by atoms with E-state index in [1.54, 1.807) is 0 Å². The Morgan fingerprint density at radius 1 is 1.47 bits per heavy atom. The van der Waals surface area contributed by atoms with E-state index in [4.69, 9.17) is 4.74 Å². The van der Waals surface area contributed by atoms with E-state index in [1.165, 1.54) is 0 Å². The monoisotopic (exact) mass is 207 g/mol. The number of anilines is 1. The molecular weight excluding hydrogens is 190 g/mol. The SMILES string of the molecule is Cc1cnc(N(C)CC2CCOC2)nc1. The third-order valence-electron chi connectivity index (χ3n) is 2.66. The van der Waals surface area contributed by atoms with Gasteiger partial charge in [0.25, 0.3) is 0 Å². The van der Waals surface area contributed by atoms with Crippen LogP contribution >= 0.6 is 0 Å². The normalized spacial score (nSPS) is 20.5. The third-order valence-corrected chi connectivity index (χ3v) is 2.66. The zero-order chi connectivity index (χ0) is 10.7. The van der Waals surface area contributed by atoms with Gasteiger partial charge in [0.15, 0.2) is 0 Å². The first-order valence-corrected chi connectivity index (χ1v) is 5.33. The quantitative estimate of drug-likeness (QED) is 0.748. The molecule has 4 nitrogen and oxygen atoms in total. The van der Waals surface area contributed by atoms with Crippen LogP contribution in [-0.2, 0) is 4.74 Å². The Balaban J connectivity index is 1.94. The van der Waals surface area contributed by atoms with Crippen molar-refractivity contribution in [2.75, 3.05) is 31.7 Å². The van der Waals surface area contributed by atoms with Gasteiger partial charge in [-0.25, -0.2) is 9.97 Å². The van der Waals surface area contributed by atoms with Gasteiger partial charge in [-0.2, -0.15) is 0 Å². The van der Waals surface area contributed by atoms with Crippen LogP contribution in [0.3, 0.4) is 0 Å². The lowest BCUT2D eigenvalue weighted by molar-refractivity contribution is 0.186. The van der Waals surface area contributed by atoms with Gasteiger partial charge in [-0.3, -0.25) is 0 Å². The molecule has 1 aliphatic heterocycles. The van der Waals surface area contributed by atoms with Crippen LogP contribution in [0.2, 0.25) is 0 Å². The molecule has 1 atom stereocenters. The van der Waals surface area contributed by atoms with Crippen molar-refractivity contribution >= 4 is 5.95 Å². The third kappa shape index (κ3) is 2.65. The predicted molar refractivity (Wildman–Crippen MR) is 59.0 cm³/mol. The summed E-state index contributed by atoms with van der Waals surface area (Å²) < 4.78 is 5.35. The summed E-state index contributed by atoms with van der Waals surface area (Å²) in [4.78, 5) is 10.7. The second kappa shape index (κ2) is 4.57. The summed E-state index contributed by atoms with van der Waals surface area (Å²) in [6.45, 7) is 4.74. The van der Waals surface area contributed by atoms with Gasteiger partial charge >= 0.3 is 0 Å². The van der Waals surface area contributed by atoms with Crippen molar-refractivity contribution in [3.05, 3.63) is 18.0 Å². The molecule has 0 amide bonds. The molecule has 1 aliphatic rings. The number of hydrogen-bond donors (Lipinski definition) is 0. The van der Waals surface area contributed by atoms with Crippen molar-refractivity contribution in [3.8, 4) is 0 Å². The molecule has 0 bridgehead atoms. The summed E-state index contributed by atoms with van der Waals surface area (Å²) >= 11 is 0. The number of aromatic nitrogens is 2. The second-order valence-corrected chi connectivity index (χ2v) is 4.17. The molecule has 1 aromatic rings. The molecule has 0 aromatic carbocycles. The van der Waals surface area contributed by atoms with Crippen LogP contribution in [0.1, 0.15) is 12.0 Å². The summed E-state index contributed by atoms with van der Waals surface area (Å²) in [6.07, 6.45) is 4.85. The molecule has 1 saturated heterocycles. The standard InChI is InChI=1S/C11H17N3O/c1-9-5-12-11(13-6-9)14(2)7-10-3-4-15-8-10/h5-6,10H,3-4,7-8H2,1-2H3. The fourth-order valence-electron chi connectivity index (χ4n) is 1.78. The van der Waals surface area contributed by atoms with E-state index in [-0.39, 0.29) is 0 Å². The van der Waals surface area contributed by atoms with Crippen LogP contribution in [-0.4, -0.2) is 36.8 Å². The van der Waals surface area contributed by atoms with Gasteiger partial charge in [0, 0.05) is 38.5 Å². The van der Waals surface area contributed by atoms with Crippen LogP contribution in [0.4, 0.5) is 5.95 Å². The maximum absolute atomic E-state index is 5.35.